The SMILES string of the molecule is CNC1CCCC(C(=O)Cl)C1. The van der Waals surface area contributed by atoms with Crippen LogP contribution >= 0.6 is 11.6 Å². The summed E-state index contributed by atoms with van der Waals surface area (Å²) in [5, 5.41) is 3.02. The van der Waals surface area contributed by atoms with Crippen LogP contribution in [0.2, 0.25) is 0 Å². The monoisotopic (exact) mass is 175 g/mol. The van der Waals surface area contributed by atoms with E-state index < -0.39 is 0 Å². The Bertz CT molecular complexity index is 149. The molecule has 1 aliphatic carbocycles. The van der Waals surface area contributed by atoms with Gasteiger partial charge in [-0.05, 0) is 37.9 Å². The van der Waals surface area contributed by atoms with Gasteiger partial charge in [0.1, 0.15) is 0 Å². The van der Waals surface area contributed by atoms with Gasteiger partial charge >= 0.3 is 0 Å². The third-order valence-electron chi connectivity index (χ3n) is 2.40. The third-order valence-corrected chi connectivity index (χ3v) is 2.71. The smallest absolute Gasteiger partial charge is 0.224 e. The molecule has 0 radical (unpaired) electrons. The second-order valence-electron chi connectivity index (χ2n) is 3.15. The van der Waals surface area contributed by atoms with Crippen LogP contribution in [0, 0.1) is 5.92 Å². The number of carbonyl (C=O) groups excluding carboxylic acids is 1. The molecule has 0 saturated heterocycles. The van der Waals surface area contributed by atoms with E-state index in [1.807, 2.05) is 7.05 Å². The molecule has 1 fully saturated rings. The molecule has 1 aliphatic rings. The summed E-state index contributed by atoms with van der Waals surface area (Å²) in [7, 11) is 1.94. The van der Waals surface area contributed by atoms with Gasteiger partial charge in [0, 0.05) is 12.0 Å². The van der Waals surface area contributed by atoms with E-state index in [2.05, 4.69) is 5.32 Å². The first kappa shape index (κ1) is 9.01. The Hall–Kier alpha value is -0.0800. The number of hydrogen-bond donors (Lipinski definition) is 1. The Morgan fingerprint density at radius 2 is 2.27 bits per heavy atom. The molecule has 0 aliphatic heterocycles. The molecule has 0 heterocycles. The Balaban J connectivity index is 2.39. The van der Waals surface area contributed by atoms with Crippen molar-refractivity contribution in [3.05, 3.63) is 0 Å². The fourth-order valence-corrected chi connectivity index (χ4v) is 1.86. The largest absolute Gasteiger partial charge is 0.317 e. The lowest BCUT2D eigenvalue weighted by Crippen LogP contribution is -2.33. The molecule has 0 bridgehead atoms. The molecule has 2 unspecified atom stereocenters. The zero-order valence-corrected chi connectivity index (χ0v) is 7.53. The quantitative estimate of drug-likeness (QED) is 0.645. The van der Waals surface area contributed by atoms with Crippen LogP contribution in [-0.2, 0) is 4.79 Å². The molecule has 0 aromatic rings. The van der Waals surface area contributed by atoms with Crippen LogP contribution < -0.4 is 5.32 Å². The molecule has 3 heteroatoms. The molecule has 0 aromatic carbocycles. The van der Waals surface area contributed by atoms with Crippen molar-refractivity contribution in [2.24, 2.45) is 5.92 Å². The number of halogens is 1. The lowest BCUT2D eigenvalue weighted by Gasteiger charge is -2.26. The maximum atomic E-state index is 10.8. The minimum atomic E-state index is -0.162. The van der Waals surface area contributed by atoms with Crippen LogP contribution in [0.1, 0.15) is 25.7 Å². The summed E-state index contributed by atoms with van der Waals surface area (Å²) in [6, 6.07) is 0.497. The van der Waals surface area contributed by atoms with Gasteiger partial charge in [0.2, 0.25) is 5.24 Å². The highest BCUT2D eigenvalue weighted by molar-refractivity contribution is 6.63. The number of hydrogen-bond acceptors (Lipinski definition) is 2. The van der Waals surface area contributed by atoms with Crippen molar-refractivity contribution in [2.75, 3.05) is 7.05 Å². The minimum absolute atomic E-state index is 0.0999. The maximum Gasteiger partial charge on any atom is 0.224 e. The highest BCUT2D eigenvalue weighted by Gasteiger charge is 2.24. The molecule has 64 valence electrons. The minimum Gasteiger partial charge on any atom is -0.317 e. The number of rotatable bonds is 2. The van der Waals surface area contributed by atoms with Crippen molar-refractivity contribution in [3.63, 3.8) is 0 Å². The van der Waals surface area contributed by atoms with Crippen molar-refractivity contribution in [1.82, 2.24) is 5.32 Å². The van der Waals surface area contributed by atoms with E-state index in [1.165, 1.54) is 6.42 Å². The van der Waals surface area contributed by atoms with Gasteiger partial charge in [-0.1, -0.05) is 6.42 Å². The van der Waals surface area contributed by atoms with Crippen LogP contribution in [0.5, 0.6) is 0 Å². The van der Waals surface area contributed by atoms with Gasteiger partial charge in [-0.15, -0.1) is 0 Å². The van der Waals surface area contributed by atoms with Crippen LogP contribution in [0.25, 0.3) is 0 Å². The lowest BCUT2D eigenvalue weighted by atomic mass is 9.87. The van der Waals surface area contributed by atoms with Crippen molar-refractivity contribution in [3.8, 4) is 0 Å². The van der Waals surface area contributed by atoms with Gasteiger partial charge in [0.05, 0.1) is 0 Å². The predicted octanol–water partition coefficient (Wildman–Crippen LogP) is 1.53. The van der Waals surface area contributed by atoms with E-state index >= 15 is 0 Å². The molecule has 0 amide bonds. The summed E-state index contributed by atoms with van der Waals surface area (Å²) in [4.78, 5) is 10.8. The molecular weight excluding hydrogens is 162 g/mol. The molecule has 0 aromatic heterocycles. The molecule has 0 spiro atoms. The van der Waals surface area contributed by atoms with E-state index in [1.54, 1.807) is 0 Å². The van der Waals surface area contributed by atoms with Gasteiger partial charge in [-0.25, -0.2) is 0 Å². The van der Waals surface area contributed by atoms with Gasteiger partial charge in [-0.2, -0.15) is 0 Å². The van der Waals surface area contributed by atoms with E-state index in [0.717, 1.165) is 19.3 Å². The average molecular weight is 176 g/mol. The average Bonchev–Trinajstić information content (AvgIpc) is 2.05. The Kier molecular flexibility index (Phi) is 3.34. The fraction of sp³-hybridized carbons (Fsp3) is 0.875. The third kappa shape index (κ3) is 2.46. The predicted molar refractivity (Wildman–Crippen MR) is 45.7 cm³/mol. The van der Waals surface area contributed by atoms with E-state index in [0.29, 0.717) is 6.04 Å². The second kappa shape index (κ2) is 4.07. The zero-order valence-electron chi connectivity index (χ0n) is 6.77. The van der Waals surface area contributed by atoms with Crippen LogP contribution in [-0.4, -0.2) is 18.3 Å². The molecule has 2 nitrogen and oxygen atoms in total. The second-order valence-corrected chi connectivity index (χ2v) is 3.53. The topological polar surface area (TPSA) is 29.1 Å². The van der Waals surface area contributed by atoms with Gasteiger partial charge in [0.25, 0.3) is 0 Å². The zero-order chi connectivity index (χ0) is 8.27. The summed E-state index contributed by atoms with van der Waals surface area (Å²) in [5.74, 6) is 0.0999. The summed E-state index contributed by atoms with van der Waals surface area (Å²) >= 11 is 5.41. The standard InChI is InChI=1S/C8H14ClNO/c1-10-7-4-2-3-6(5-7)8(9)11/h6-7,10H,2-5H2,1H3. The normalized spacial score (nSPS) is 31.8. The van der Waals surface area contributed by atoms with Gasteiger partial charge < -0.3 is 5.32 Å². The van der Waals surface area contributed by atoms with Crippen molar-refractivity contribution in [2.45, 2.75) is 31.7 Å². The molecule has 1 rings (SSSR count). The maximum absolute atomic E-state index is 10.8. The summed E-state index contributed by atoms with van der Waals surface area (Å²) in [6.07, 6.45) is 4.19. The molecule has 11 heavy (non-hydrogen) atoms. The van der Waals surface area contributed by atoms with Crippen molar-refractivity contribution >= 4 is 16.8 Å². The van der Waals surface area contributed by atoms with E-state index in [4.69, 9.17) is 11.6 Å². The van der Waals surface area contributed by atoms with Crippen LogP contribution in [0.15, 0.2) is 0 Å². The van der Waals surface area contributed by atoms with Gasteiger partial charge in [-0.3, -0.25) is 4.79 Å². The van der Waals surface area contributed by atoms with Crippen molar-refractivity contribution in [1.29, 1.82) is 0 Å². The first-order valence-corrected chi connectivity index (χ1v) is 4.48. The Morgan fingerprint density at radius 3 is 2.82 bits per heavy atom. The molecule has 2 atom stereocenters. The van der Waals surface area contributed by atoms with Crippen molar-refractivity contribution < 1.29 is 4.79 Å². The first-order valence-electron chi connectivity index (χ1n) is 4.10. The van der Waals surface area contributed by atoms with Crippen LogP contribution in [0.4, 0.5) is 0 Å². The van der Waals surface area contributed by atoms with E-state index in [-0.39, 0.29) is 11.2 Å². The summed E-state index contributed by atoms with van der Waals surface area (Å²) < 4.78 is 0. The molecular formula is C8H14ClNO. The Labute approximate surface area is 72.3 Å². The number of carbonyl (C=O) groups is 1. The van der Waals surface area contributed by atoms with E-state index in [9.17, 15) is 4.79 Å². The van der Waals surface area contributed by atoms with Crippen LogP contribution in [0.3, 0.4) is 0 Å². The molecule has 1 saturated carbocycles. The Morgan fingerprint density at radius 1 is 1.55 bits per heavy atom. The first-order chi connectivity index (χ1) is 5.24. The highest BCUT2D eigenvalue weighted by Crippen LogP contribution is 2.25. The summed E-state index contributed by atoms with van der Waals surface area (Å²) in [5.41, 5.74) is 0. The summed E-state index contributed by atoms with van der Waals surface area (Å²) in [6.45, 7) is 0. The number of nitrogens with one attached hydrogen (secondary N) is 1. The fourth-order valence-electron chi connectivity index (χ4n) is 1.66. The lowest BCUT2D eigenvalue weighted by molar-refractivity contribution is -0.116. The molecule has 1 N–H and O–H groups in total. The van der Waals surface area contributed by atoms with Gasteiger partial charge in [0.15, 0.2) is 0 Å². The highest BCUT2D eigenvalue weighted by atomic mass is 35.5.